The largest absolute Gasteiger partial charge is 0.449 e. The van der Waals surface area contributed by atoms with Crippen LogP contribution in [-0.4, -0.2) is 11.2 Å². The van der Waals surface area contributed by atoms with E-state index >= 15 is 0 Å². The van der Waals surface area contributed by atoms with Crippen molar-refractivity contribution in [3.8, 4) is 11.8 Å². The molecule has 2 heterocycles. The quantitative estimate of drug-likeness (QED) is 0.661. The van der Waals surface area contributed by atoms with Gasteiger partial charge < -0.3 is 9.32 Å². The summed E-state index contributed by atoms with van der Waals surface area (Å²) in [5.41, 5.74) is 3.35. The number of aliphatic imine (C=N–C) groups is 1. The van der Waals surface area contributed by atoms with Crippen molar-refractivity contribution in [2.24, 2.45) is 4.99 Å². The molecule has 0 spiro atoms. The van der Waals surface area contributed by atoms with Gasteiger partial charge in [-0.3, -0.25) is 0 Å². The van der Waals surface area contributed by atoms with E-state index in [0.717, 1.165) is 24.4 Å². The minimum Gasteiger partial charge on any atom is -0.449 e. The van der Waals surface area contributed by atoms with Crippen LogP contribution in [0.2, 0.25) is 0 Å². The van der Waals surface area contributed by atoms with Gasteiger partial charge in [0, 0.05) is 19.0 Å². The van der Waals surface area contributed by atoms with Gasteiger partial charge in [-0.2, -0.15) is 0 Å². The molecule has 0 radical (unpaired) electrons. The van der Waals surface area contributed by atoms with Crippen LogP contribution in [0.5, 0.6) is 0 Å². The summed E-state index contributed by atoms with van der Waals surface area (Å²) < 4.78 is 5.88. The van der Waals surface area contributed by atoms with Crippen molar-refractivity contribution in [1.29, 1.82) is 0 Å². The minimum absolute atomic E-state index is 0.680. The second kappa shape index (κ2) is 7.11. The van der Waals surface area contributed by atoms with Gasteiger partial charge in [-0.1, -0.05) is 66.6 Å². The Labute approximate surface area is 147 Å². The zero-order chi connectivity index (χ0) is 16.9. The Bertz CT molecular complexity index is 930. The highest BCUT2D eigenvalue weighted by atomic mass is 16.3. The molecule has 0 fully saturated rings. The predicted molar refractivity (Wildman–Crippen MR) is 99.6 cm³/mol. The monoisotopic (exact) mass is 326 g/mol. The Kier molecular flexibility index (Phi) is 4.35. The van der Waals surface area contributed by atoms with Crippen molar-refractivity contribution in [1.82, 2.24) is 4.90 Å². The molecule has 0 amide bonds. The third kappa shape index (κ3) is 3.81. The Hall–Kier alpha value is -3.25. The summed E-state index contributed by atoms with van der Waals surface area (Å²) in [6, 6.07) is 22.5. The van der Waals surface area contributed by atoms with Crippen molar-refractivity contribution >= 4 is 12.0 Å². The van der Waals surface area contributed by atoms with E-state index < -0.39 is 0 Å². The van der Waals surface area contributed by atoms with Gasteiger partial charge in [0.25, 0.3) is 0 Å². The summed E-state index contributed by atoms with van der Waals surface area (Å²) in [5, 5.41) is 0. The van der Waals surface area contributed by atoms with Crippen molar-refractivity contribution < 1.29 is 4.42 Å². The molecule has 0 bridgehead atoms. The molecule has 0 saturated carbocycles. The molecule has 0 aliphatic carbocycles. The first kappa shape index (κ1) is 15.3. The van der Waals surface area contributed by atoms with E-state index in [9.17, 15) is 0 Å². The number of hydrogen-bond acceptors (Lipinski definition) is 3. The van der Waals surface area contributed by atoms with Gasteiger partial charge in [-0.15, -0.1) is 0 Å². The molecular formula is C22H18N2O. The van der Waals surface area contributed by atoms with E-state index in [-0.39, 0.29) is 0 Å². The molecule has 3 aromatic rings. The van der Waals surface area contributed by atoms with E-state index in [1.54, 1.807) is 0 Å². The van der Waals surface area contributed by atoms with Crippen molar-refractivity contribution in [3.63, 3.8) is 0 Å². The fourth-order valence-corrected chi connectivity index (χ4v) is 2.82. The summed E-state index contributed by atoms with van der Waals surface area (Å²) in [5.74, 6) is 7.83. The van der Waals surface area contributed by atoms with Crippen molar-refractivity contribution in [2.75, 3.05) is 0 Å². The lowest BCUT2D eigenvalue weighted by molar-refractivity contribution is 0.357. The highest BCUT2D eigenvalue weighted by Gasteiger charge is 2.17. The molecule has 122 valence electrons. The summed E-state index contributed by atoms with van der Waals surface area (Å²) in [6.45, 7) is 1.54. The molecule has 3 heteroatoms. The zero-order valence-electron chi connectivity index (χ0n) is 13.9. The maximum atomic E-state index is 5.88. The molecular weight excluding hydrogens is 308 g/mol. The summed E-state index contributed by atoms with van der Waals surface area (Å²) >= 11 is 0. The van der Waals surface area contributed by atoms with Crippen molar-refractivity contribution in [2.45, 2.75) is 19.5 Å². The number of furan rings is 1. The summed E-state index contributed by atoms with van der Waals surface area (Å²) in [4.78, 5) is 6.64. The Balaban J connectivity index is 1.42. The van der Waals surface area contributed by atoms with E-state index in [4.69, 9.17) is 4.42 Å². The molecule has 25 heavy (non-hydrogen) atoms. The van der Waals surface area contributed by atoms with E-state index in [0.29, 0.717) is 12.3 Å². The highest BCUT2D eigenvalue weighted by molar-refractivity contribution is 5.66. The third-order valence-electron chi connectivity index (χ3n) is 4.07. The van der Waals surface area contributed by atoms with Crippen LogP contribution in [0.4, 0.5) is 5.69 Å². The average Bonchev–Trinajstić information content (AvgIpc) is 3.05. The minimum atomic E-state index is 0.680. The van der Waals surface area contributed by atoms with Crippen LogP contribution in [-0.2, 0) is 19.5 Å². The number of fused-ring (bicyclic) bond motifs is 1. The third-order valence-corrected chi connectivity index (χ3v) is 4.07. The van der Waals surface area contributed by atoms with E-state index in [1.165, 1.54) is 11.1 Å². The smallest absolute Gasteiger partial charge is 0.179 e. The Morgan fingerprint density at radius 2 is 1.68 bits per heavy atom. The maximum absolute atomic E-state index is 5.88. The molecule has 0 saturated heterocycles. The fraction of sp³-hybridized carbons (Fsp3) is 0.136. The molecule has 1 aliphatic rings. The normalized spacial score (nSPS) is 12.4. The van der Waals surface area contributed by atoms with Gasteiger partial charge in [0.05, 0.1) is 12.9 Å². The molecule has 1 aliphatic heterocycles. The summed E-state index contributed by atoms with van der Waals surface area (Å²) in [6.07, 6.45) is 2.60. The molecule has 0 unspecified atom stereocenters. The van der Waals surface area contributed by atoms with Crippen molar-refractivity contribution in [3.05, 3.63) is 89.4 Å². The molecule has 0 atom stereocenters. The highest BCUT2D eigenvalue weighted by Crippen LogP contribution is 2.28. The fourth-order valence-electron chi connectivity index (χ4n) is 2.82. The van der Waals surface area contributed by atoms with Crippen LogP contribution in [0.3, 0.4) is 0 Å². The van der Waals surface area contributed by atoms with Gasteiger partial charge in [-0.05, 0) is 17.0 Å². The van der Waals surface area contributed by atoms with Gasteiger partial charge >= 0.3 is 0 Å². The number of nitrogens with zero attached hydrogens (tertiary/aromatic N) is 2. The summed E-state index contributed by atoms with van der Waals surface area (Å²) in [7, 11) is 0. The second-order valence-corrected chi connectivity index (χ2v) is 6.02. The zero-order valence-corrected chi connectivity index (χ0v) is 13.9. The topological polar surface area (TPSA) is 28.7 Å². The first-order valence-electron chi connectivity index (χ1n) is 8.34. The van der Waals surface area contributed by atoms with E-state index in [2.05, 4.69) is 58.1 Å². The van der Waals surface area contributed by atoms with Crippen LogP contribution in [0.25, 0.3) is 0 Å². The lowest BCUT2D eigenvalue weighted by Gasteiger charge is -2.21. The van der Waals surface area contributed by atoms with Gasteiger partial charge in [0.2, 0.25) is 0 Å². The average molecular weight is 326 g/mol. The lowest BCUT2D eigenvalue weighted by atomic mass is 10.1. The Morgan fingerprint density at radius 3 is 2.44 bits per heavy atom. The first-order chi connectivity index (χ1) is 12.4. The van der Waals surface area contributed by atoms with Crippen LogP contribution in [0.15, 0.2) is 76.1 Å². The van der Waals surface area contributed by atoms with Crippen LogP contribution in [0.1, 0.15) is 22.6 Å². The second-order valence-electron chi connectivity index (χ2n) is 6.02. The molecule has 2 aromatic carbocycles. The molecule has 0 N–H and O–H groups in total. The first-order valence-corrected chi connectivity index (χ1v) is 8.34. The number of rotatable bonds is 3. The van der Waals surface area contributed by atoms with Crippen LogP contribution in [0, 0.1) is 11.8 Å². The predicted octanol–water partition coefficient (Wildman–Crippen LogP) is 4.55. The van der Waals surface area contributed by atoms with Crippen LogP contribution < -0.4 is 0 Å². The standard InChI is InChI=1S/C22H18N2O/c1-3-8-18(9-4-1)12-7-13-20-14-21-22(25-20)16-24(17-23-21)15-19-10-5-2-6-11-19/h1-6,8-11,14,17H,12,15-16H2. The van der Waals surface area contributed by atoms with Gasteiger partial charge in [0.1, 0.15) is 5.69 Å². The Morgan fingerprint density at radius 1 is 0.960 bits per heavy atom. The number of benzene rings is 2. The SMILES string of the molecule is C(#Cc1cc2c(o1)CN(Cc1ccccc1)C=N2)Cc1ccccc1. The molecule has 4 rings (SSSR count). The van der Waals surface area contributed by atoms with Gasteiger partial charge in [-0.25, -0.2) is 4.99 Å². The maximum Gasteiger partial charge on any atom is 0.179 e. The van der Waals surface area contributed by atoms with Crippen LogP contribution >= 0.6 is 0 Å². The lowest BCUT2D eigenvalue weighted by Crippen LogP contribution is -2.22. The molecule has 1 aromatic heterocycles. The van der Waals surface area contributed by atoms with E-state index in [1.807, 2.05) is 36.7 Å². The number of hydrogen-bond donors (Lipinski definition) is 0. The molecule has 3 nitrogen and oxygen atoms in total. The van der Waals surface area contributed by atoms with Gasteiger partial charge in [0.15, 0.2) is 11.5 Å².